The zero-order chi connectivity index (χ0) is 20.3. The molecule has 0 aliphatic carbocycles. The van der Waals surface area contributed by atoms with Crippen LogP contribution in [0, 0.1) is 6.92 Å². The summed E-state index contributed by atoms with van der Waals surface area (Å²) in [6.45, 7) is 5.46. The number of carbonyl (C=O) groups is 2. The van der Waals surface area contributed by atoms with Gasteiger partial charge in [-0.15, -0.1) is 11.3 Å². The van der Waals surface area contributed by atoms with Gasteiger partial charge in [0.15, 0.2) is 12.0 Å². The predicted molar refractivity (Wildman–Crippen MR) is 106 cm³/mol. The molecule has 28 heavy (non-hydrogen) atoms. The molecule has 0 fully saturated rings. The van der Waals surface area contributed by atoms with E-state index in [0.717, 1.165) is 16.7 Å². The second-order valence-electron chi connectivity index (χ2n) is 5.93. The van der Waals surface area contributed by atoms with Crippen molar-refractivity contribution in [1.29, 1.82) is 0 Å². The Balaban J connectivity index is 1.95. The van der Waals surface area contributed by atoms with Gasteiger partial charge in [-0.3, -0.25) is 0 Å². The molecule has 2 aromatic heterocycles. The molecule has 3 aromatic rings. The summed E-state index contributed by atoms with van der Waals surface area (Å²) in [6, 6.07) is 9.08. The number of thiophene rings is 1. The van der Waals surface area contributed by atoms with E-state index in [1.54, 1.807) is 32.9 Å². The van der Waals surface area contributed by atoms with E-state index in [2.05, 4.69) is 5.32 Å². The van der Waals surface area contributed by atoms with Gasteiger partial charge >= 0.3 is 11.9 Å². The van der Waals surface area contributed by atoms with Gasteiger partial charge in [-0.05, 0) is 38.5 Å². The number of para-hydroxylation sites is 1. The maximum absolute atomic E-state index is 12.4. The molecule has 1 unspecified atom stereocenters. The van der Waals surface area contributed by atoms with E-state index in [9.17, 15) is 14.7 Å². The van der Waals surface area contributed by atoms with Crippen molar-refractivity contribution in [3.63, 3.8) is 0 Å². The van der Waals surface area contributed by atoms with Gasteiger partial charge in [0.25, 0.3) is 0 Å². The Morgan fingerprint density at radius 1 is 1.18 bits per heavy atom. The Morgan fingerprint density at radius 3 is 2.54 bits per heavy atom. The van der Waals surface area contributed by atoms with Gasteiger partial charge < -0.3 is 24.3 Å². The number of anilines is 1. The lowest BCUT2D eigenvalue weighted by Gasteiger charge is -2.12. The highest BCUT2D eigenvalue weighted by atomic mass is 32.1. The number of furan rings is 1. The number of rotatable bonds is 7. The predicted octanol–water partition coefficient (Wildman–Crippen LogP) is 4.26. The summed E-state index contributed by atoms with van der Waals surface area (Å²) in [7, 11) is 0. The molecule has 0 radical (unpaired) electrons. The molecule has 8 heteroatoms. The number of nitrogens with one attached hydrogen (secondary N) is 1. The first kappa shape index (κ1) is 19.9. The molecule has 3 rings (SSSR count). The van der Waals surface area contributed by atoms with Gasteiger partial charge in [-0.25, -0.2) is 9.59 Å². The zero-order valence-corrected chi connectivity index (χ0v) is 16.6. The maximum Gasteiger partial charge on any atom is 0.348 e. The topological polar surface area (TPSA) is 98.0 Å². The molecule has 0 aliphatic heterocycles. The molecule has 7 nitrogen and oxygen atoms in total. The lowest BCUT2D eigenvalue weighted by atomic mass is 10.1. The molecule has 0 aliphatic rings. The molecule has 1 aromatic carbocycles. The van der Waals surface area contributed by atoms with Crippen molar-refractivity contribution in [2.24, 2.45) is 0 Å². The lowest BCUT2D eigenvalue weighted by Crippen LogP contribution is -2.13. The van der Waals surface area contributed by atoms with E-state index < -0.39 is 18.2 Å². The summed E-state index contributed by atoms with van der Waals surface area (Å²) in [6.07, 6.45) is -1.21. The number of hydrogen-bond donors (Lipinski definition) is 2. The first-order valence-electron chi connectivity index (χ1n) is 8.86. The number of hydrogen-bond acceptors (Lipinski definition) is 8. The summed E-state index contributed by atoms with van der Waals surface area (Å²) in [5.41, 5.74) is 1.28. The minimum Gasteiger partial charge on any atom is -0.462 e. The van der Waals surface area contributed by atoms with Crippen molar-refractivity contribution < 1.29 is 28.6 Å². The van der Waals surface area contributed by atoms with Crippen LogP contribution in [0.3, 0.4) is 0 Å². The van der Waals surface area contributed by atoms with Crippen LogP contribution in [0.2, 0.25) is 0 Å². The van der Waals surface area contributed by atoms with E-state index >= 15 is 0 Å². The minimum atomic E-state index is -1.21. The number of ether oxygens (including phenoxy) is 2. The average molecular weight is 403 g/mol. The maximum atomic E-state index is 12.4. The van der Waals surface area contributed by atoms with Crippen LogP contribution in [-0.4, -0.2) is 30.3 Å². The molecule has 2 N–H and O–H groups in total. The van der Waals surface area contributed by atoms with E-state index in [-0.39, 0.29) is 23.7 Å². The van der Waals surface area contributed by atoms with Crippen LogP contribution in [-0.2, 0) is 9.47 Å². The largest absolute Gasteiger partial charge is 0.462 e. The third kappa shape index (κ3) is 3.88. The first-order chi connectivity index (χ1) is 13.5. The smallest absolute Gasteiger partial charge is 0.348 e. The number of fused-ring (bicyclic) bond motifs is 1. The second-order valence-corrected chi connectivity index (χ2v) is 6.96. The number of aliphatic hydroxyl groups is 1. The van der Waals surface area contributed by atoms with Crippen LogP contribution in [0.4, 0.5) is 5.00 Å². The highest BCUT2D eigenvalue weighted by Crippen LogP contribution is 2.36. The molecular formula is C20H21NO6S. The highest BCUT2D eigenvalue weighted by Gasteiger charge is 2.28. The molecule has 0 saturated carbocycles. The van der Waals surface area contributed by atoms with E-state index in [0.29, 0.717) is 21.9 Å². The average Bonchev–Trinajstić information content (AvgIpc) is 3.23. The summed E-state index contributed by atoms with van der Waals surface area (Å²) in [4.78, 5) is 24.9. The summed E-state index contributed by atoms with van der Waals surface area (Å²) < 4.78 is 15.8. The van der Waals surface area contributed by atoms with Crippen molar-refractivity contribution in [1.82, 2.24) is 0 Å². The van der Waals surface area contributed by atoms with Crippen LogP contribution in [0.25, 0.3) is 11.0 Å². The van der Waals surface area contributed by atoms with Crippen molar-refractivity contribution in [2.45, 2.75) is 27.0 Å². The fourth-order valence-corrected chi connectivity index (χ4v) is 3.90. The van der Waals surface area contributed by atoms with Crippen LogP contribution in [0.5, 0.6) is 0 Å². The van der Waals surface area contributed by atoms with E-state index in [1.807, 2.05) is 18.2 Å². The van der Waals surface area contributed by atoms with Gasteiger partial charge in [-0.2, -0.15) is 0 Å². The van der Waals surface area contributed by atoms with Crippen LogP contribution in [0.1, 0.15) is 51.4 Å². The van der Waals surface area contributed by atoms with Crippen molar-refractivity contribution in [2.75, 3.05) is 18.5 Å². The van der Waals surface area contributed by atoms with Gasteiger partial charge in [0.2, 0.25) is 0 Å². The van der Waals surface area contributed by atoms with E-state index in [4.69, 9.17) is 13.9 Å². The SMILES string of the molecule is CCOC(=O)c1sc(NC(O)c2cc3ccccc3o2)c(C(=O)OCC)c1C. The molecule has 0 bridgehead atoms. The number of carbonyl (C=O) groups excluding carboxylic acids is 2. The van der Waals surface area contributed by atoms with Crippen molar-refractivity contribution in [3.8, 4) is 0 Å². The quantitative estimate of drug-likeness (QED) is 0.449. The van der Waals surface area contributed by atoms with Crippen LogP contribution < -0.4 is 5.32 Å². The van der Waals surface area contributed by atoms with Crippen LogP contribution >= 0.6 is 11.3 Å². The Labute approximate surface area is 165 Å². The third-order valence-electron chi connectivity index (χ3n) is 4.07. The van der Waals surface area contributed by atoms with Crippen LogP contribution in [0.15, 0.2) is 34.7 Å². The fourth-order valence-electron chi connectivity index (χ4n) is 2.79. The Kier molecular flexibility index (Phi) is 6.01. The standard InChI is InChI=1S/C20H21NO6S/c1-4-25-19(23)15-11(3)16(20(24)26-5-2)28-18(15)21-17(22)14-10-12-8-6-7-9-13(12)27-14/h6-10,17,21-22H,4-5H2,1-3H3. The minimum absolute atomic E-state index is 0.189. The number of esters is 2. The first-order valence-corrected chi connectivity index (χ1v) is 9.68. The van der Waals surface area contributed by atoms with Crippen molar-refractivity contribution >= 4 is 39.2 Å². The Hall–Kier alpha value is -2.84. The Morgan fingerprint density at radius 2 is 1.86 bits per heavy atom. The zero-order valence-electron chi connectivity index (χ0n) is 15.8. The van der Waals surface area contributed by atoms with E-state index in [1.165, 1.54) is 0 Å². The molecular weight excluding hydrogens is 382 g/mol. The third-order valence-corrected chi connectivity index (χ3v) is 5.27. The van der Waals surface area contributed by atoms with Gasteiger partial charge in [0, 0.05) is 5.39 Å². The summed E-state index contributed by atoms with van der Waals surface area (Å²) in [5.74, 6) is -0.812. The molecule has 148 valence electrons. The number of aliphatic hydroxyl groups excluding tert-OH is 1. The van der Waals surface area contributed by atoms with Gasteiger partial charge in [-0.1, -0.05) is 18.2 Å². The molecule has 1 atom stereocenters. The monoisotopic (exact) mass is 403 g/mol. The Bertz CT molecular complexity index is 972. The van der Waals surface area contributed by atoms with Gasteiger partial charge in [0.1, 0.15) is 15.5 Å². The normalized spacial score (nSPS) is 12.0. The number of benzene rings is 1. The summed E-state index contributed by atoms with van der Waals surface area (Å²) in [5, 5.41) is 14.6. The van der Waals surface area contributed by atoms with Gasteiger partial charge in [0.05, 0.1) is 18.8 Å². The molecule has 0 saturated heterocycles. The second kappa shape index (κ2) is 8.45. The highest BCUT2D eigenvalue weighted by molar-refractivity contribution is 7.18. The fraction of sp³-hybridized carbons (Fsp3) is 0.300. The van der Waals surface area contributed by atoms with Crippen molar-refractivity contribution in [3.05, 3.63) is 52.1 Å². The summed E-state index contributed by atoms with van der Waals surface area (Å²) >= 11 is 1.03. The molecule has 0 amide bonds. The molecule has 0 spiro atoms. The lowest BCUT2D eigenvalue weighted by molar-refractivity contribution is 0.0527. The molecule has 2 heterocycles.